The second-order valence-corrected chi connectivity index (χ2v) is 8.33. The highest BCUT2D eigenvalue weighted by atomic mass is 16.6. The maximum absolute atomic E-state index is 12.4. The topological polar surface area (TPSA) is 211 Å². The summed E-state index contributed by atoms with van der Waals surface area (Å²) in [5.41, 5.74) is -1.73. The number of ether oxygens (including phenoxy) is 2. The van der Waals surface area contributed by atoms with Gasteiger partial charge in [-0.3, -0.25) is 0 Å². The van der Waals surface area contributed by atoms with E-state index in [0.717, 1.165) is 18.2 Å². The zero-order valence-corrected chi connectivity index (χ0v) is 19.1. The molecule has 0 heterocycles. The molecule has 2 aromatic rings. The van der Waals surface area contributed by atoms with Gasteiger partial charge in [-0.1, -0.05) is 12.1 Å². The summed E-state index contributed by atoms with van der Waals surface area (Å²) in [6, 6.07) is 7.44. The quantitative estimate of drug-likeness (QED) is 0.156. The zero-order chi connectivity index (χ0) is 27.3. The van der Waals surface area contributed by atoms with Crippen LogP contribution in [0.15, 0.2) is 48.6 Å². The van der Waals surface area contributed by atoms with Crippen molar-refractivity contribution in [3.63, 3.8) is 0 Å². The van der Waals surface area contributed by atoms with Crippen molar-refractivity contribution in [3.8, 4) is 23.0 Å². The first kappa shape index (κ1) is 27.0. The predicted molar refractivity (Wildman–Crippen MR) is 125 cm³/mol. The minimum absolute atomic E-state index is 0.288. The number of phenols is 4. The monoisotopic (exact) mass is 516 g/mol. The molecular formula is C25H24O12. The molecule has 3 rings (SSSR count). The van der Waals surface area contributed by atoms with Crippen LogP contribution in [0.1, 0.15) is 24.0 Å². The minimum Gasteiger partial charge on any atom is -0.504 e. The van der Waals surface area contributed by atoms with E-state index in [4.69, 9.17) is 9.47 Å². The van der Waals surface area contributed by atoms with Gasteiger partial charge in [0.25, 0.3) is 0 Å². The third kappa shape index (κ3) is 6.57. The molecule has 4 atom stereocenters. The van der Waals surface area contributed by atoms with Crippen molar-refractivity contribution >= 4 is 30.1 Å². The summed E-state index contributed by atoms with van der Waals surface area (Å²) in [7, 11) is 0. The Morgan fingerprint density at radius 3 is 1.78 bits per heavy atom. The molecule has 0 aromatic heterocycles. The van der Waals surface area contributed by atoms with Crippen molar-refractivity contribution < 1.29 is 59.6 Å². The van der Waals surface area contributed by atoms with Crippen LogP contribution in [-0.4, -0.2) is 77.6 Å². The summed E-state index contributed by atoms with van der Waals surface area (Å²) < 4.78 is 10.2. The number of benzene rings is 2. The Balaban J connectivity index is 1.73. The van der Waals surface area contributed by atoms with Crippen LogP contribution >= 0.6 is 0 Å². The number of rotatable bonds is 7. The van der Waals surface area contributed by atoms with E-state index in [2.05, 4.69) is 0 Å². The highest BCUT2D eigenvalue weighted by molar-refractivity contribution is 5.91. The van der Waals surface area contributed by atoms with Crippen LogP contribution in [0.5, 0.6) is 23.0 Å². The summed E-state index contributed by atoms with van der Waals surface area (Å²) in [4.78, 5) is 36.7. The third-order valence-corrected chi connectivity index (χ3v) is 5.62. The lowest BCUT2D eigenvalue weighted by molar-refractivity contribution is -0.207. The Bertz CT molecular complexity index is 1250. The molecule has 0 bridgehead atoms. The van der Waals surface area contributed by atoms with E-state index < -0.39 is 66.2 Å². The number of hydrogen-bond acceptors (Lipinski definition) is 11. The number of phenolic OH excluding ortho intramolecular Hbond substituents is 4. The van der Waals surface area contributed by atoms with Gasteiger partial charge in [-0.15, -0.1) is 0 Å². The Morgan fingerprint density at radius 1 is 0.784 bits per heavy atom. The zero-order valence-electron chi connectivity index (χ0n) is 19.1. The normalized spacial score (nSPS) is 23.7. The Kier molecular flexibility index (Phi) is 8.05. The predicted octanol–water partition coefficient (Wildman–Crippen LogP) is 1.03. The molecule has 1 aliphatic carbocycles. The SMILES string of the molecule is O=C(/C=C/c1ccc(O)c(O)c1)O[C@@H]1C[C@@](OC(=O)/C=C/c2ccc(O)c(O)c2)(C(=O)O)C[C@H](O)[C@@H]1O. The lowest BCUT2D eigenvalue weighted by Crippen LogP contribution is -2.58. The number of aliphatic carboxylic acids is 1. The molecule has 37 heavy (non-hydrogen) atoms. The number of carbonyl (C=O) groups is 3. The van der Waals surface area contributed by atoms with E-state index in [1.165, 1.54) is 42.5 Å². The standard InChI is InChI=1S/C25H24O12/c26-15-5-1-13(9-17(15)28)3-7-21(31)36-20-12-25(24(34)35,11-19(30)23(20)33)37-22(32)8-4-14-2-6-16(27)18(29)10-14/h1-10,19-20,23,26-30,33H,11-12H2,(H,34,35)/b7-3+,8-4+/t19-,20+,23-,25+/m0/s1. The van der Waals surface area contributed by atoms with Gasteiger partial charge in [0.2, 0.25) is 5.60 Å². The number of carboxylic acid groups (broad SMARTS) is 1. The number of carboxylic acids is 1. The summed E-state index contributed by atoms with van der Waals surface area (Å²) in [6.45, 7) is 0. The molecule has 0 aliphatic heterocycles. The van der Waals surface area contributed by atoms with Gasteiger partial charge in [-0.2, -0.15) is 0 Å². The van der Waals surface area contributed by atoms with Crippen molar-refractivity contribution in [2.75, 3.05) is 0 Å². The fraction of sp³-hybridized carbons (Fsp3) is 0.240. The van der Waals surface area contributed by atoms with Crippen molar-refractivity contribution in [2.24, 2.45) is 0 Å². The van der Waals surface area contributed by atoms with E-state index in [0.29, 0.717) is 5.56 Å². The molecule has 1 fully saturated rings. The number of esters is 2. The lowest BCUT2D eigenvalue weighted by atomic mass is 9.79. The smallest absolute Gasteiger partial charge is 0.348 e. The summed E-state index contributed by atoms with van der Waals surface area (Å²) in [5, 5.41) is 68.0. The maximum Gasteiger partial charge on any atom is 0.348 e. The molecule has 0 spiro atoms. The maximum atomic E-state index is 12.4. The molecule has 12 nitrogen and oxygen atoms in total. The van der Waals surface area contributed by atoms with E-state index >= 15 is 0 Å². The van der Waals surface area contributed by atoms with Gasteiger partial charge in [0, 0.05) is 25.0 Å². The fourth-order valence-corrected chi connectivity index (χ4v) is 3.68. The largest absolute Gasteiger partial charge is 0.504 e. The lowest BCUT2D eigenvalue weighted by Gasteiger charge is -2.41. The molecule has 0 amide bonds. The summed E-state index contributed by atoms with van der Waals surface area (Å²) >= 11 is 0. The minimum atomic E-state index is -2.34. The Labute approximate surface area is 209 Å². The number of carbonyl (C=O) groups excluding carboxylic acids is 2. The first-order chi connectivity index (χ1) is 17.4. The van der Waals surface area contributed by atoms with E-state index in [1.54, 1.807) is 0 Å². The first-order valence-electron chi connectivity index (χ1n) is 10.8. The van der Waals surface area contributed by atoms with Gasteiger partial charge in [-0.25, -0.2) is 14.4 Å². The second kappa shape index (κ2) is 11.0. The van der Waals surface area contributed by atoms with Crippen LogP contribution in [0.25, 0.3) is 12.2 Å². The molecular weight excluding hydrogens is 492 g/mol. The highest BCUT2D eigenvalue weighted by Gasteiger charge is 2.54. The van der Waals surface area contributed by atoms with E-state index in [9.17, 15) is 50.1 Å². The van der Waals surface area contributed by atoms with Crippen molar-refractivity contribution in [1.82, 2.24) is 0 Å². The third-order valence-electron chi connectivity index (χ3n) is 5.62. The molecule has 0 radical (unpaired) electrons. The molecule has 1 aliphatic rings. The van der Waals surface area contributed by atoms with Gasteiger partial charge < -0.3 is 45.2 Å². The van der Waals surface area contributed by atoms with Gasteiger partial charge in [-0.05, 0) is 47.5 Å². The van der Waals surface area contributed by atoms with Gasteiger partial charge in [0.15, 0.2) is 23.0 Å². The van der Waals surface area contributed by atoms with Crippen LogP contribution in [0.3, 0.4) is 0 Å². The molecule has 196 valence electrons. The van der Waals surface area contributed by atoms with Gasteiger partial charge in [0.1, 0.15) is 12.2 Å². The van der Waals surface area contributed by atoms with Crippen molar-refractivity contribution in [1.29, 1.82) is 0 Å². The highest BCUT2D eigenvalue weighted by Crippen LogP contribution is 2.35. The number of aromatic hydroxyl groups is 4. The van der Waals surface area contributed by atoms with Crippen LogP contribution in [0, 0.1) is 0 Å². The van der Waals surface area contributed by atoms with Crippen molar-refractivity contribution in [3.05, 3.63) is 59.7 Å². The van der Waals surface area contributed by atoms with Crippen LogP contribution < -0.4 is 0 Å². The molecule has 2 aromatic carbocycles. The summed E-state index contributed by atoms with van der Waals surface area (Å²) in [6.07, 6.45) is -2.09. The fourth-order valence-electron chi connectivity index (χ4n) is 3.68. The Morgan fingerprint density at radius 2 is 1.30 bits per heavy atom. The average Bonchev–Trinajstić information content (AvgIpc) is 2.83. The molecule has 0 unspecified atom stereocenters. The summed E-state index contributed by atoms with van der Waals surface area (Å²) in [5.74, 6) is -5.41. The number of aliphatic hydroxyl groups excluding tert-OH is 2. The van der Waals surface area contributed by atoms with Crippen LogP contribution in [-0.2, 0) is 23.9 Å². The molecule has 1 saturated carbocycles. The number of hydrogen-bond donors (Lipinski definition) is 7. The molecule has 0 saturated heterocycles. The van der Waals surface area contributed by atoms with E-state index in [1.807, 2.05) is 0 Å². The van der Waals surface area contributed by atoms with Gasteiger partial charge >= 0.3 is 17.9 Å². The number of aliphatic hydroxyl groups is 2. The van der Waals surface area contributed by atoms with Crippen LogP contribution in [0.2, 0.25) is 0 Å². The van der Waals surface area contributed by atoms with Gasteiger partial charge in [0.05, 0.1) is 6.10 Å². The van der Waals surface area contributed by atoms with Crippen LogP contribution in [0.4, 0.5) is 0 Å². The second-order valence-electron chi connectivity index (χ2n) is 8.33. The average molecular weight is 516 g/mol. The first-order valence-corrected chi connectivity index (χ1v) is 10.8. The molecule has 12 heteroatoms. The Hall–Kier alpha value is -4.55. The molecule has 7 N–H and O–H groups in total. The van der Waals surface area contributed by atoms with Crippen molar-refractivity contribution in [2.45, 2.75) is 36.8 Å². The van der Waals surface area contributed by atoms with E-state index in [-0.39, 0.29) is 17.1 Å².